The normalized spacial score (nSPS) is 10.7. The molecule has 20 heavy (non-hydrogen) atoms. The van der Waals surface area contributed by atoms with Gasteiger partial charge in [-0.15, -0.1) is 5.10 Å². The Morgan fingerprint density at radius 3 is 2.70 bits per heavy atom. The highest BCUT2D eigenvalue weighted by molar-refractivity contribution is 9.10. The number of tetrazole rings is 1. The highest BCUT2D eigenvalue weighted by Gasteiger charge is 2.14. The summed E-state index contributed by atoms with van der Waals surface area (Å²) in [4.78, 5) is 0. The van der Waals surface area contributed by atoms with Gasteiger partial charge in [-0.1, -0.05) is 12.1 Å². The minimum Gasteiger partial charge on any atom is -0.399 e. The minimum atomic E-state index is 0.689. The van der Waals surface area contributed by atoms with Crippen LogP contribution >= 0.6 is 15.9 Å². The molecule has 0 atom stereocenters. The zero-order valence-electron chi connectivity index (χ0n) is 10.8. The van der Waals surface area contributed by atoms with Crippen LogP contribution in [0.25, 0.3) is 17.1 Å². The number of benzene rings is 2. The van der Waals surface area contributed by atoms with E-state index in [0.717, 1.165) is 27.0 Å². The van der Waals surface area contributed by atoms with Gasteiger partial charge >= 0.3 is 0 Å². The molecule has 0 bridgehead atoms. The van der Waals surface area contributed by atoms with Gasteiger partial charge in [0.05, 0.1) is 5.69 Å². The minimum absolute atomic E-state index is 0.689. The third kappa shape index (κ3) is 2.18. The number of nitrogens with zero attached hydrogens (tertiary/aromatic N) is 4. The van der Waals surface area contributed by atoms with Crippen molar-refractivity contribution in [3.63, 3.8) is 0 Å². The summed E-state index contributed by atoms with van der Waals surface area (Å²) in [5.41, 5.74) is 9.40. The van der Waals surface area contributed by atoms with E-state index >= 15 is 0 Å². The second-order valence-corrected chi connectivity index (χ2v) is 5.29. The molecule has 2 aromatic carbocycles. The molecule has 0 aliphatic rings. The van der Waals surface area contributed by atoms with Crippen molar-refractivity contribution in [1.29, 1.82) is 0 Å². The number of aryl methyl sites for hydroxylation is 1. The van der Waals surface area contributed by atoms with E-state index in [4.69, 9.17) is 5.73 Å². The average Bonchev–Trinajstić information content (AvgIpc) is 2.88. The number of hydrogen-bond acceptors (Lipinski definition) is 4. The van der Waals surface area contributed by atoms with Crippen molar-refractivity contribution in [3.05, 3.63) is 52.5 Å². The van der Waals surface area contributed by atoms with Gasteiger partial charge in [-0.25, -0.2) is 0 Å². The van der Waals surface area contributed by atoms with Crippen molar-refractivity contribution in [2.75, 3.05) is 5.73 Å². The van der Waals surface area contributed by atoms with Crippen molar-refractivity contribution >= 4 is 21.6 Å². The molecule has 0 fully saturated rings. The first-order valence-corrected chi connectivity index (χ1v) is 6.86. The molecule has 3 rings (SSSR count). The average molecular weight is 330 g/mol. The monoisotopic (exact) mass is 329 g/mol. The second-order valence-electron chi connectivity index (χ2n) is 4.44. The zero-order chi connectivity index (χ0) is 14.1. The van der Waals surface area contributed by atoms with E-state index in [2.05, 4.69) is 31.5 Å². The van der Waals surface area contributed by atoms with Gasteiger partial charge in [0.15, 0.2) is 5.82 Å². The van der Waals surface area contributed by atoms with Gasteiger partial charge in [-0.05, 0) is 69.2 Å². The Labute approximate surface area is 124 Å². The summed E-state index contributed by atoms with van der Waals surface area (Å²) >= 11 is 3.52. The lowest BCUT2D eigenvalue weighted by molar-refractivity contribution is 0.789. The summed E-state index contributed by atoms with van der Waals surface area (Å²) in [6, 6.07) is 13.5. The molecular weight excluding hydrogens is 318 g/mol. The second kappa shape index (κ2) is 5.05. The quantitative estimate of drug-likeness (QED) is 0.734. The van der Waals surface area contributed by atoms with Gasteiger partial charge in [0, 0.05) is 15.7 Å². The highest BCUT2D eigenvalue weighted by atomic mass is 79.9. The molecule has 100 valence electrons. The van der Waals surface area contributed by atoms with Gasteiger partial charge < -0.3 is 5.73 Å². The third-order valence-corrected chi connectivity index (χ3v) is 3.71. The maximum absolute atomic E-state index is 5.79. The maximum Gasteiger partial charge on any atom is 0.187 e. The van der Waals surface area contributed by atoms with Gasteiger partial charge in [0.25, 0.3) is 0 Å². The summed E-state index contributed by atoms with van der Waals surface area (Å²) in [7, 11) is 0. The molecule has 1 heterocycles. The Morgan fingerprint density at radius 2 is 1.95 bits per heavy atom. The predicted octanol–water partition coefficient (Wildman–Crippen LogP) is 2.98. The third-order valence-electron chi connectivity index (χ3n) is 3.04. The summed E-state index contributed by atoms with van der Waals surface area (Å²) in [6.07, 6.45) is 0. The molecule has 0 radical (unpaired) electrons. The lowest BCUT2D eigenvalue weighted by Crippen LogP contribution is -2.02. The molecule has 0 spiro atoms. The number of anilines is 1. The summed E-state index contributed by atoms with van der Waals surface area (Å²) in [5.74, 6) is 0.689. The molecular formula is C14H12BrN5. The van der Waals surface area contributed by atoms with E-state index in [1.165, 1.54) is 0 Å². The highest BCUT2D eigenvalue weighted by Crippen LogP contribution is 2.27. The molecule has 0 amide bonds. The van der Waals surface area contributed by atoms with Crippen molar-refractivity contribution in [2.24, 2.45) is 0 Å². The fraction of sp³-hybridized carbons (Fsp3) is 0.0714. The van der Waals surface area contributed by atoms with Gasteiger partial charge in [0.2, 0.25) is 0 Å². The Hall–Kier alpha value is -2.21. The van der Waals surface area contributed by atoms with Crippen LogP contribution in [-0.4, -0.2) is 20.2 Å². The van der Waals surface area contributed by atoms with Gasteiger partial charge in [-0.3, -0.25) is 0 Å². The van der Waals surface area contributed by atoms with Crippen molar-refractivity contribution in [1.82, 2.24) is 20.2 Å². The van der Waals surface area contributed by atoms with Crippen LogP contribution in [0.3, 0.4) is 0 Å². The molecule has 0 unspecified atom stereocenters. The molecule has 0 aliphatic carbocycles. The van der Waals surface area contributed by atoms with Crippen LogP contribution in [-0.2, 0) is 0 Å². The van der Waals surface area contributed by atoms with Crippen molar-refractivity contribution in [3.8, 4) is 17.1 Å². The summed E-state index contributed by atoms with van der Waals surface area (Å²) in [5, 5.41) is 12.0. The number of hydrogen-bond donors (Lipinski definition) is 1. The molecule has 2 N–H and O–H groups in total. The topological polar surface area (TPSA) is 69.6 Å². The SMILES string of the molecule is Cc1cc(N)ccc1-c1nnnn1-c1ccccc1Br. The summed E-state index contributed by atoms with van der Waals surface area (Å²) < 4.78 is 2.64. The number of aromatic nitrogens is 4. The lowest BCUT2D eigenvalue weighted by Gasteiger charge is -2.09. The van der Waals surface area contributed by atoms with Gasteiger partial charge in [0.1, 0.15) is 0 Å². The molecule has 0 aliphatic heterocycles. The van der Waals surface area contributed by atoms with Crippen LogP contribution < -0.4 is 5.73 Å². The Balaban J connectivity index is 2.18. The molecule has 3 aromatic rings. The Kier molecular flexibility index (Phi) is 3.23. The fourth-order valence-electron chi connectivity index (χ4n) is 2.08. The first-order chi connectivity index (χ1) is 9.66. The Morgan fingerprint density at radius 1 is 1.15 bits per heavy atom. The molecule has 0 saturated heterocycles. The van der Waals surface area contributed by atoms with Crippen LogP contribution in [0.2, 0.25) is 0 Å². The molecule has 1 aromatic heterocycles. The molecule has 6 heteroatoms. The van der Waals surface area contributed by atoms with Crippen LogP contribution in [0, 0.1) is 6.92 Å². The van der Waals surface area contributed by atoms with Crippen molar-refractivity contribution in [2.45, 2.75) is 6.92 Å². The van der Waals surface area contributed by atoms with Crippen LogP contribution in [0.1, 0.15) is 5.56 Å². The largest absolute Gasteiger partial charge is 0.399 e. The number of rotatable bonds is 2. The van der Waals surface area contributed by atoms with Crippen LogP contribution in [0.4, 0.5) is 5.69 Å². The van der Waals surface area contributed by atoms with Crippen molar-refractivity contribution < 1.29 is 0 Å². The van der Waals surface area contributed by atoms with E-state index in [9.17, 15) is 0 Å². The van der Waals surface area contributed by atoms with E-state index in [0.29, 0.717) is 5.82 Å². The van der Waals surface area contributed by atoms with E-state index in [-0.39, 0.29) is 0 Å². The van der Waals surface area contributed by atoms with Crippen LogP contribution in [0.15, 0.2) is 46.9 Å². The number of para-hydroxylation sites is 1. The maximum atomic E-state index is 5.79. The lowest BCUT2D eigenvalue weighted by atomic mass is 10.1. The standard InChI is InChI=1S/C14H12BrN5/c1-9-8-10(16)6-7-11(9)14-17-18-19-20(14)13-5-3-2-4-12(13)15/h2-8H,16H2,1H3. The molecule has 0 saturated carbocycles. The number of halogens is 1. The fourth-order valence-corrected chi connectivity index (χ4v) is 2.53. The summed E-state index contributed by atoms with van der Waals surface area (Å²) in [6.45, 7) is 1.99. The number of nitrogen functional groups attached to an aromatic ring is 1. The first kappa shape index (κ1) is 12.8. The van der Waals surface area contributed by atoms with Gasteiger partial charge in [-0.2, -0.15) is 4.68 Å². The first-order valence-electron chi connectivity index (χ1n) is 6.06. The van der Waals surface area contributed by atoms with E-state index < -0.39 is 0 Å². The Bertz CT molecular complexity index is 766. The number of nitrogens with two attached hydrogens (primary N) is 1. The predicted molar refractivity (Wildman–Crippen MR) is 81.4 cm³/mol. The molecule has 5 nitrogen and oxygen atoms in total. The smallest absolute Gasteiger partial charge is 0.187 e. The van der Waals surface area contributed by atoms with E-state index in [1.54, 1.807) is 4.68 Å². The van der Waals surface area contributed by atoms with Crippen LogP contribution in [0.5, 0.6) is 0 Å². The van der Waals surface area contributed by atoms with E-state index in [1.807, 2.05) is 49.4 Å². The zero-order valence-corrected chi connectivity index (χ0v) is 12.4.